The molecule has 7 heterocycles. The molecule has 2 atom stereocenters. The molecule has 39 heavy (non-hydrogen) atoms. The predicted molar refractivity (Wildman–Crippen MR) is 138 cm³/mol. The lowest BCUT2D eigenvalue weighted by Crippen LogP contribution is -2.70. The van der Waals surface area contributed by atoms with E-state index < -0.39 is 12.2 Å². The molecule has 0 radical (unpaired) electrons. The summed E-state index contributed by atoms with van der Waals surface area (Å²) in [6.07, 6.45) is 8.21. The summed E-state index contributed by atoms with van der Waals surface area (Å²) in [6.45, 7) is 4.17. The second-order valence-electron chi connectivity index (χ2n) is 10.8. The van der Waals surface area contributed by atoms with E-state index in [2.05, 4.69) is 21.2 Å². The number of halogens is 2. The molecule has 200 valence electrons. The average molecular weight is 533 g/mol. The van der Waals surface area contributed by atoms with Crippen molar-refractivity contribution in [2.75, 3.05) is 18.0 Å². The Morgan fingerprint density at radius 3 is 2.46 bits per heavy atom. The summed E-state index contributed by atoms with van der Waals surface area (Å²) < 4.78 is 33.9. The fraction of sp³-hybridized carbons (Fsp3) is 0.370. The van der Waals surface area contributed by atoms with Crippen LogP contribution in [-0.4, -0.2) is 66.1 Å². The van der Waals surface area contributed by atoms with E-state index in [4.69, 9.17) is 9.72 Å². The number of carbonyl (C=O) groups excluding carboxylic acids is 1. The molecule has 0 N–H and O–H groups in total. The fourth-order valence-electron chi connectivity index (χ4n) is 5.32. The molecule has 3 aliphatic heterocycles. The first-order chi connectivity index (χ1) is 18.6. The van der Waals surface area contributed by atoms with Crippen molar-refractivity contribution in [2.24, 2.45) is 0 Å². The van der Waals surface area contributed by atoms with Crippen LogP contribution in [-0.2, 0) is 4.74 Å². The maximum Gasteiger partial charge on any atom is 0.410 e. The first kappa shape index (κ1) is 24.8. The topological polar surface area (TPSA) is 105 Å². The third-order valence-electron chi connectivity index (χ3n) is 7.05. The molecule has 4 aromatic heterocycles. The highest BCUT2D eigenvalue weighted by molar-refractivity contribution is 5.87. The number of nitriles is 1. The Bertz CT molecular complexity index is 1590. The van der Waals surface area contributed by atoms with Crippen LogP contribution in [0.3, 0.4) is 0 Å². The third kappa shape index (κ3) is 4.43. The first-order valence-electron chi connectivity index (χ1n) is 12.6. The average Bonchev–Trinajstić information content (AvgIpc) is 3.55. The van der Waals surface area contributed by atoms with Gasteiger partial charge in [0.2, 0.25) is 0 Å². The number of anilines is 1. The summed E-state index contributed by atoms with van der Waals surface area (Å²) >= 11 is 0. The molecule has 3 saturated heterocycles. The van der Waals surface area contributed by atoms with Crippen molar-refractivity contribution in [1.82, 2.24) is 29.3 Å². The minimum atomic E-state index is -2.74. The molecule has 0 aromatic carbocycles. The Morgan fingerprint density at radius 2 is 1.85 bits per heavy atom. The molecule has 12 heteroatoms. The van der Waals surface area contributed by atoms with Crippen LogP contribution in [0.15, 0.2) is 49.2 Å². The summed E-state index contributed by atoms with van der Waals surface area (Å²) in [4.78, 5) is 21.3. The molecule has 2 bridgehead atoms. The van der Waals surface area contributed by atoms with E-state index in [9.17, 15) is 18.8 Å². The van der Waals surface area contributed by atoms with E-state index in [0.29, 0.717) is 45.5 Å². The number of carbonyl (C=O) groups is 1. The van der Waals surface area contributed by atoms with Gasteiger partial charge in [-0.3, -0.25) is 4.90 Å². The van der Waals surface area contributed by atoms with Gasteiger partial charge in [0.1, 0.15) is 17.5 Å². The number of aromatic nitrogens is 5. The second-order valence-corrected chi connectivity index (χ2v) is 10.8. The van der Waals surface area contributed by atoms with Crippen LogP contribution in [0.4, 0.5) is 19.4 Å². The van der Waals surface area contributed by atoms with E-state index in [1.54, 1.807) is 16.9 Å². The van der Waals surface area contributed by atoms with Gasteiger partial charge in [0.05, 0.1) is 35.6 Å². The van der Waals surface area contributed by atoms with Crippen LogP contribution in [0.25, 0.3) is 27.8 Å². The van der Waals surface area contributed by atoms with Gasteiger partial charge in [-0.15, -0.1) is 0 Å². The fourth-order valence-corrected chi connectivity index (χ4v) is 5.32. The van der Waals surface area contributed by atoms with Crippen LogP contribution in [0.1, 0.15) is 39.3 Å². The van der Waals surface area contributed by atoms with Crippen molar-refractivity contribution in [2.45, 2.75) is 51.4 Å². The van der Waals surface area contributed by atoms with Gasteiger partial charge >= 0.3 is 12.6 Å². The normalized spacial score (nSPS) is 18.8. The summed E-state index contributed by atoms with van der Waals surface area (Å²) in [6, 6.07) is 7.99. The lowest BCUT2D eigenvalue weighted by Gasteiger charge is -2.56. The molecule has 3 aliphatic rings. The standard InChI is InChI=1S/C27H26F2N8O2/c1-27(2,3)39-26(38)37-20-7-21(37)15-34(14-20)23-5-4-16(9-31-23)22-6-17(19-11-33-36(13-19)25(28)29)12-35-24(22)18(8-30)10-32-35/h4-6,9-13,20-21,25H,7,14-15H2,1-3H3. The number of piperidine rings is 1. The first-order valence-corrected chi connectivity index (χ1v) is 12.6. The SMILES string of the molecule is CC(C)(C)OC(=O)N1C2CC1CN(c1ccc(-c3cc(-c4cnn(C(F)F)c4)cn4ncc(C#N)c34)cn1)C2. The molecule has 0 aliphatic carbocycles. The monoisotopic (exact) mass is 532 g/mol. The summed E-state index contributed by atoms with van der Waals surface area (Å²) in [7, 11) is 0. The van der Waals surface area contributed by atoms with Gasteiger partial charge in [0.25, 0.3) is 0 Å². The lowest BCUT2D eigenvalue weighted by molar-refractivity contribution is -0.0380. The van der Waals surface area contributed by atoms with E-state index in [0.717, 1.165) is 17.8 Å². The maximum atomic E-state index is 13.1. The number of amides is 1. The molecule has 3 fully saturated rings. The zero-order chi connectivity index (χ0) is 27.5. The van der Waals surface area contributed by atoms with Crippen molar-refractivity contribution < 1.29 is 18.3 Å². The number of rotatable bonds is 4. The van der Waals surface area contributed by atoms with E-state index in [1.807, 2.05) is 43.9 Å². The number of ether oxygens (including phenoxy) is 1. The Hall–Kier alpha value is -4.53. The molecule has 0 saturated carbocycles. The Labute approximate surface area is 223 Å². The Balaban J connectivity index is 1.27. The van der Waals surface area contributed by atoms with Gasteiger partial charge in [0.15, 0.2) is 0 Å². The van der Waals surface area contributed by atoms with Gasteiger partial charge in [-0.05, 0) is 45.4 Å². The molecular formula is C27H26F2N8O2. The van der Waals surface area contributed by atoms with Gasteiger partial charge in [0, 0.05) is 53.9 Å². The van der Waals surface area contributed by atoms with Crippen LogP contribution >= 0.6 is 0 Å². The number of fused-ring (bicyclic) bond motifs is 3. The molecule has 1 amide bonds. The number of pyridine rings is 2. The number of nitrogens with zero attached hydrogens (tertiary/aromatic N) is 8. The lowest BCUT2D eigenvalue weighted by atomic mass is 9.88. The van der Waals surface area contributed by atoms with Crippen molar-refractivity contribution in [3.05, 3.63) is 54.7 Å². The van der Waals surface area contributed by atoms with Crippen LogP contribution < -0.4 is 4.90 Å². The molecular weight excluding hydrogens is 506 g/mol. The van der Waals surface area contributed by atoms with Crippen molar-refractivity contribution in [3.63, 3.8) is 0 Å². The number of hydrogen-bond acceptors (Lipinski definition) is 7. The number of hydrogen-bond donors (Lipinski definition) is 0. The molecule has 0 spiro atoms. The maximum absolute atomic E-state index is 13.1. The highest BCUT2D eigenvalue weighted by Crippen LogP contribution is 2.37. The smallest absolute Gasteiger partial charge is 0.410 e. The predicted octanol–water partition coefficient (Wildman–Crippen LogP) is 4.72. The van der Waals surface area contributed by atoms with Gasteiger partial charge < -0.3 is 9.64 Å². The van der Waals surface area contributed by atoms with Gasteiger partial charge in [-0.25, -0.2) is 19.0 Å². The quantitative estimate of drug-likeness (QED) is 0.374. The van der Waals surface area contributed by atoms with Crippen molar-refractivity contribution in [1.29, 1.82) is 5.26 Å². The minimum absolute atomic E-state index is 0.0792. The number of alkyl halides is 2. The Morgan fingerprint density at radius 1 is 1.08 bits per heavy atom. The largest absolute Gasteiger partial charge is 0.444 e. The highest BCUT2D eigenvalue weighted by Gasteiger charge is 2.49. The molecule has 4 aromatic rings. The van der Waals surface area contributed by atoms with E-state index in [-0.39, 0.29) is 18.2 Å². The molecule has 7 rings (SSSR count). The molecule has 10 nitrogen and oxygen atoms in total. The zero-order valence-electron chi connectivity index (χ0n) is 21.6. The highest BCUT2D eigenvalue weighted by atomic mass is 19.3. The van der Waals surface area contributed by atoms with Crippen molar-refractivity contribution >= 4 is 17.4 Å². The van der Waals surface area contributed by atoms with Crippen molar-refractivity contribution in [3.8, 4) is 28.3 Å². The summed E-state index contributed by atoms with van der Waals surface area (Å²) in [5.74, 6) is 0.789. The summed E-state index contributed by atoms with van der Waals surface area (Å²) in [5.41, 5.74) is 3.03. The van der Waals surface area contributed by atoms with Crippen LogP contribution in [0.2, 0.25) is 0 Å². The van der Waals surface area contributed by atoms with Gasteiger partial charge in [-0.2, -0.15) is 24.2 Å². The molecule has 2 unspecified atom stereocenters. The Kier molecular flexibility index (Phi) is 5.75. The van der Waals surface area contributed by atoms with E-state index in [1.165, 1.54) is 18.6 Å². The number of piperazine rings is 1. The zero-order valence-corrected chi connectivity index (χ0v) is 21.6. The third-order valence-corrected chi connectivity index (χ3v) is 7.05. The van der Waals surface area contributed by atoms with Crippen LogP contribution in [0.5, 0.6) is 0 Å². The van der Waals surface area contributed by atoms with E-state index >= 15 is 0 Å². The van der Waals surface area contributed by atoms with Crippen LogP contribution in [0, 0.1) is 11.3 Å². The summed E-state index contributed by atoms with van der Waals surface area (Å²) in [5, 5.41) is 17.7. The van der Waals surface area contributed by atoms with Gasteiger partial charge in [-0.1, -0.05) is 0 Å². The second kappa shape index (κ2) is 9.04. The minimum Gasteiger partial charge on any atom is -0.444 e.